The van der Waals surface area contributed by atoms with Crippen molar-refractivity contribution in [1.29, 1.82) is 0 Å². The Kier molecular flexibility index (Phi) is 7.33. The van der Waals surface area contributed by atoms with Crippen molar-refractivity contribution in [2.24, 2.45) is 16.8 Å². The van der Waals surface area contributed by atoms with Crippen LogP contribution in [0.3, 0.4) is 0 Å². The maximum Gasteiger partial charge on any atom is 0.231 e. The van der Waals surface area contributed by atoms with Crippen molar-refractivity contribution in [3.63, 3.8) is 0 Å². The molecule has 0 saturated carbocycles. The van der Waals surface area contributed by atoms with Gasteiger partial charge in [0, 0.05) is 6.04 Å². The van der Waals surface area contributed by atoms with Crippen molar-refractivity contribution in [1.82, 2.24) is 5.32 Å². The highest BCUT2D eigenvalue weighted by atomic mass is 16.4. The molecular formula is C11H23N3O2. The summed E-state index contributed by atoms with van der Waals surface area (Å²) in [5.41, 5.74) is 5.44. The van der Waals surface area contributed by atoms with Gasteiger partial charge in [0.2, 0.25) is 5.91 Å². The third kappa shape index (κ3) is 5.00. The van der Waals surface area contributed by atoms with E-state index in [9.17, 15) is 4.79 Å². The van der Waals surface area contributed by atoms with Crippen LogP contribution in [0.2, 0.25) is 0 Å². The Morgan fingerprint density at radius 3 is 2.56 bits per heavy atom. The van der Waals surface area contributed by atoms with Crippen LogP contribution in [-0.4, -0.2) is 23.0 Å². The van der Waals surface area contributed by atoms with Crippen LogP contribution in [0.15, 0.2) is 5.16 Å². The summed E-state index contributed by atoms with van der Waals surface area (Å²) in [6.45, 7) is 5.91. The van der Waals surface area contributed by atoms with Crippen LogP contribution >= 0.6 is 0 Å². The van der Waals surface area contributed by atoms with Crippen molar-refractivity contribution in [2.75, 3.05) is 0 Å². The fourth-order valence-corrected chi connectivity index (χ4v) is 1.52. The van der Waals surface area contributed by atoms with Crippen molar-refractivity contribution in [2.45, 2.75) is 52.5 Å². The van der Waals surface area contributed by atoms with E-state index in [0.717, 1.165) is 19.3 Å². The number of amidine groups is 1. The molecular weight excluding hydrogens is 206 g/mol. The van der Waals surface area contributed by atoms with Crippen LogP contribution in [0, 0.1) is 5.92 Å². The molecule has 0 rings (SSSR count). The van der Waals surface area contributed by atoms with E-state index in [1.54, 1.807) is 0 Å². The third-order valence-corrected chi connectivity index (χ3v) is 2.58. The molecule has 0 aromatic rings. The number of carbonyl (C=O) groups is 1. The van der Waals surface area contributed by atoms with Gasteiger partial charge in [0.05, 0.1) is 5.92 Å². The second kappa shape index (κ2) is 7.96. The number of hydrogen-bond acceptors (Lipinski definition) is 3. The minimum Gasteiger partial charge on any atom is -0.409 e. The smallest absolute Gasteiger partial charge is 0.231 e. The Bertz CT molecular complexity index is 241. The molecule has 0 aromatic heterocycles. The first-order valence-electron chi connectivity index (χ1n) is 5.84. The normalized spacial score (nSPS) is 15.6. The van der Waals surface area contributed by atoms with E-state index in [4.69, 9.17) is 10.9 Å². The molecule has 4 N–H and O–H groups in total. The average Bonchev–Trinajstić information content (AvgIpc) is 2.26. The molecule has 2 atom stereocenters. The van der Waals surface area contributed by atoms with Gasteiger partial charge in [-0.2, -0.15) is 0 Å². The Labute approximate surface area is 97.1 Å². The molecule has 0 aliphatic rings. The highest BCUT2D eigenvalue weighted by Gasteiger charge is 2.22. The fourth-order valence-electron chi connectivity index (χ4n) is 1.52. The number of hydrogen-bond donors (Lipinski definition) is 3. The molecule has 5 nitrogen and oxygen atoms in total. The number of rotatable bonds is 7. The first kappa shape index (κ1) is 14.7. The Hall–Kier alpha value is -1.26. The van der Waals surface area contributed by atoms with Gasteiger partial charge in [0.15, 0.2) is 5.84 Å². The Balaban J connectivity index is 4.21. The van der Waals surface area contributed by atoms with Gasteiger partial charge in [-0.15, -0.1) is 0 Å². The predicted molar refractivity (Wildman–Crippen MR) is 64.3 cm³/mol. The largest absolute Gasteiger partial charge is 0.409 e. The molecule has 0 bridgehead atoms. The number of amides is 1. The van der Waals surface area contributed by atoms with Gasteiger partial charge in [0.1, 0.15) is 0 Å². The van der Waals surface area contributed by atoms with Gasteiger partial charge in [-0.05, 0) is 19.8 Å². The van der Waals surface area contributed by atoms with Crippen LogP contribution in [0.5, 0.6) is 0 Å². The van der Waals surface area contributed by atoms with Crippen LogP contribution in [0.4, 0.5) is 0 Å². The number of nitrogens with two attached hydrogens (primary N) is 1. The quantitative estimate of drug-likeness (QED) is 0.267. The topological polar surface area (TPSA) is 87.7 Å². The van der Waals surface area contributed by atoms with E-state index < -0.39 is 5.92 Å². The fraction of sp³-hybridized carbons (Fsp3) is 0.818. The molecule has 2 unspecified atom stereocenters. The second-order valence-corrected chi connectivity index (χ2v) is 4.04. The number of unbranched alkanes of at least 4 members (excludes halogenated alkanes) is 1. The van der Waals surface area contributed by atoms with E-state index in [1.807, 2.05) is 13.8 Å². The maximum absolute atomic E-state index is 11.8. The first-order valence-corrected chi connectivity index (χ1v) is 5.84. The molecule has 0 fully saturated rings. The molecule has 16 heavy (non-hydrogen) atoms. The number of oxime groups is 1. The minimum absolute atomic E-state index is 0.0253. The highest BCUT2D eigenvalue weighted by Crippen LogP contribution is 2.05. The monoisotopic (exact) mass is 229 g/mol. The molecule has 0 aliphatic heterocycles. The summed E-state index contributed by atoms with van der Waals surface area (Å²) in [6.07, 6.45) is 3.68. The zero-order chi connectivity index (χ0) is 12.6. The van der Waals surface area contributed by atoms with Crippen molar-refractivity contribution in [3.05, 3.63) is 0 Å². The van der Waals surface area contributed by atoms with Crippen LogP contribution < -0.4 is 11.1 Å². The summed E-state index contributed by atoms with van der Waals surface area (Å²) < 4.78 is 0. The molecule has 94 valence electrons. The lowest BCUT2D eigenvalue weighted by Gasteiger charge is -2.18. The standard InChI is InChI=1S/C11H23N3O2/c1-4-6-7-8(3)13-11(15)9(5-2)10(12)14-16/h8-9,16H,4-7H2,1-3H3,(H2,12,14)(H,13,15). The van der Waals surface area contributed by atoms with Gasteiger partial charge < -0.3 is 16.3 Å². The third-order valence-electron chi connectivity index (χ3n) is 2.58. The van der Waals surface area contributed by atoms with E-state index in [1.165, 1.54) is 0 Å². The van der Waals surface area contributed by atoms with E-state index in [2.05, 4.69) is 17.4 Å². The molecule has 0 saturated heterocycles. The highest BCUT2D eigenvalue weighted by molar-refractivity contribution is 6.02. The van der Waals surface area contributed by atoms with Gasteiger partial charge in [-0.3, -0.25) is 4.79 Å². The van der Waals surface area contributed by atoms with Crippen molar-refractivity contribution >= 4 is 11.7 Å². The van der Waals surface area contributed by atoms with Crippen molar-refractivity contribution in [3.8, 4) is 0 Å². The number of nitrogens with one attached hydrogen (secondary N) is 1. The summed E-state index contributed by atoms with van der Waals surface area (Å²) in [7, 11) is 0. The summed E-state index contributed by atoms with van der Waals surface area (Å²) >= 11 is 0. The Morgan fingerprint density at radius 1 is 1.50 bits per heavy atom. The maximum atomic E-state index is 11.8. The van der Waals surface area contributed by atoms with Crippen molar-refractivity contribution < 1.29 is 10.0 Å². The number of nitrogens with zero attached hydrogens (tertiary/aromatic N) is 1. The molecule has 0 aromatic carbocycles. The average molecular weight is 229 g/mol. The van der Waals surface area contributed by atoms with Crippen LogP contribution in [0.25, 0.3) is 0 Å². The lowest BCUT2D eigenvalue weighted by Crippen LogP contribution is -2.42. The zero-order valence-corrected chi connectivity index (χ0v) is 10.4. The van der Waals surface area contributed by atoms with Crippen LogP contribution in [0.1, 0.15) is 46.5 Å². The lowest BCUT2D eigenvalue weighted by molar-refractivity contribution is -0.123. The first-order chi connectivity index (χ1) is 7.56. The summed E-state index contributed by atoms with van der Waals surface area (Å²) in [5, 5.41) is 14.3. The van der Waals surface area contributed by atoms with E-state index >= 15 is 0 Å². The molecule has 0 spiro atoms. The van der Waals surface area contributed by atoms with Gasteiger partial charge in [-0.25, -0.2) is 0 Å². The summed E-state index contributed by atoms with van der Waals surface area (Å²) in [6, 6.07) is 0.132. The van der Waals surface area contributed by atoms with Gasteiger partial charge in [0.25, 0.3) is 0 Å². The molecule has 5 heteroatoms. The SMILES string of the molecule is CCCCC(C)NC(=O)C(CC)C(N)=NO. The molecule has 1 amide bonds. The number of carbonyl (C=O) groups excluding carboxylic acids is 1. The Morgan fingerprint density at radius 2 is 2.12 bits per heavy atom. The minimum atomic E-state index is -0.533. The van der Waals surface area contributed by atoms with Crippen LogP contribution in [-0.2, 0) is 4.79 Å². The summed E-state index contributed by atoms with van der Waals surface area (Å²) in [4.78, 5) is 11.8. The molecule has 0 aliphatic carbocycles. The summed E-state index contributed by atoms with van der Waals surface area (Å²) in [5.74, 6) is -0.724. The van der Waals surface area contributed by atoms with E-state index in [-0.39, 0.29) is 17.8 Å². The molecule has 0 heterocycles. The predicted octanol–water partition coefficient (Wildman–Crippen LogP) is 1.45. The van der Waals surface area contributed by atoms with E-state index in [0.29, 0.717) is 6.42 Å². The second-order valence-electron chi connectivity index (χ2n) is 4.04. The van der Waals surface area contributed by atoms with Gasteiger partial charge in [-0.1, -0.05) is 31.8 Å². The lowest BCUT2D eigenvalue weighted by atomic mass is 10.0. The molecule has 0 radical (unpaired) electrons. The zero-order valence-electron chi connectivity index (χ0n) is 10.4. The van der Waals surface area contributed by atoms with Gasteiger partial charge >= 0.3 is 0 Å².